The number of nitrogens with one attached hydrogen (secondary N) is 2. The van der Waals surface area contributed by atoms with Gasteiger partial charge < -0.3 is 59.1 Å². The molecule has 19 nitrogen and oxygen atoms in total. The molecule has 49 heavy (non-hydrogen) atoms. The van der Waals surface area contributed by atoms with Crippen molar-refractivity contribution in [2.75, 3.05) is 32.7 Å². The molecule has 3 saturated heterocycles. The maximum Gasteiger partial charge on any atom is 0.326 e. The number of carboxylic acids is 1. The minimum Gasteiger partial charge on any atom is -0.480 e. The number of nitrogens with two attached hydrogens (primary N) is 5. The second-order valence-corrected chi connectivity index (χ2v) is 12.7. The number of amides is 5. The van der Waals surface area contributed by atoms with Crippen LogP contribution in [0.25, 0.3) is 0 Å². The van der Waals surface area contributed by atoms with E-state index in [9.17, 15) is 33.9 Å². The normalized spacial score (nSPS) is 22.2. The Morgan fingerprint density at radius 3 is 1.65 bits per heavy atom. The van der Waals surface area contributed by atoms with Gasteiger partial charge >= 0.3 is 5.97 Å². The minimum absolute atomic E-state index is 0.0580. The molecule has 0 aromatic heterocycles. The van der Waals surface area contributed by atoms with Crippen molar-refractivity contribution in [1.29, 1.82) is 0 Å². The van der Waals surface area contributed by atoms with Gasteiger partial charge in [-0.3, -0.25) is 34.0 Å². The molecule has 3 aliphatic heterocycles. The summed E-state index contributed by atoms with van der Waals surface area (Å²) in [6.45, 7) is 2.84. The van der Waals surface area contributed by atoms with Crippen LogP contribution >= 0.6 is 0 Å². The number of guanidine groups is 2. The molecule has 0 aromatic rings. The number of rotatable bonds is 16. The predicted octanol–water partition coefficient (Wildman–Crippen LogP) is -3.53. The highest BCUT2D eigenvalue weighted by atomic mass is 16.4. The summed E-state index contributed by atoms with van der Waals surface area (Å²) in [6.07, 6.45) is 3.95. The van der Waals surface area contributed by atoms with E-state index in [1.54, 1.807) is 0 Å². The topological polar surface area (TPSA) is 311 Å². The highest BCUT2D eigenvalue weighted by Crippen LogP contribution is 2.23. The first-order chi connectivity index (χ1) is 23.2. The number of hydrogen-bond donors (Lipinski definition) is 8. The minimum atomic E-state index is -1.10. The molecule has 6 unspecified atom stereocenters. The quantitative estimate of drug-likeness (QED) is 0.0443. The Morgan fingerprint density at radius 2 is 1.14 bits per heavy atom. The van der Waals surface area contributed by atoms with E-state index in [1.807, 2.05) is 0 Å². The number of carboxylic acid groups (broad SMARTS) is 1. The summed E-state index contributed by atoms with van der Waals surface area (Å²) in [5, 5.41) is 14.9. The molecule has 6 atom stereocenters. The summed E-state index contributed by atoms with van der Waals surface area (Å²) in [5.41, 5.74) is 27.7. The Balaban J connectivity index is 1.69. The fourth-order valence-electron chi connectivity index (χ4n) is 6.60. The van der Waals surface area contributed by atoms with Crippen molar-refractivity contribution in [3.63, 3.8) is 0 Å². The number of aliphatic carboxylic acids is 1. The molecule has 0 bridgehead atoms. The van der Waals surface area contributed by atoms with E-state index in [0.717, 1.165) is 0 Å². The lowest BCUT2D eigenvalue weighted by Gasteiger charge is -2.32. The van der Waals surface area contributed by atoms with Gasteiger partial charge in [-0.05, 0) is 71.1 Å². The Hall–Kier alpha value is -4.68. The second-order valence-electron chi connectivity index (χ2n) is 12.7. The first-order valence-corrected chi connectivity index (χ1v) is 16.8. The van der Waals surface area contributed by atoms with Crippen LogP contribution < -0.4 is 39.3 Å². The lowest BCUT2D eigenvalue weighted by molar-refractivity contribution is -0.149. The van der Waals surface area contributed by atoms with E-state index < -0.39 is 65.8 Å². The van der Waals surface area contributed by atoms with Crippen molar-refractivity contribution in [2.45, 2.75) is 107 Å². The first-order valence-electron chi connectivity index (χ1n) is 16.8. The Morgan fingerprint density at radius 1 is 0.694 bits per heavy atom. The molecule has 5 amide bonds. The van der Waals surface area contributed by atoms with Gasteiger partial charge in [-0.25, -0.2) is 4.79 Å². The van der Waals surface area contributed by atoms with Gasteiger partial charge in [0.05, 0.1) is 6.04 Å². The molecule has 274 valence electrons. The molecule has 3 heterocycles. The van der Waals surface area contributed by atoms with E-state index in [2.05, 4.69) is 20.6 Å². The summed E-state index contributed by atoms with van der Waals surface area (Å²) in [4.78, 5) is 90.7. The predicted molar refractivity (Wildman–Crippen MR) is 179 cm³/mol. The van der Waals surface area contributed by atoms with Crippen LogP contribution in [-0.2, 0) is 28.8 Å². The standard InChI is InChI=1S/C30H52N12O7/c1-17(25(45)42-16-6-11-22(42)28(48)49)38-23(43)20-9-5-15-41(20)27(47)19(8-3-13-37-30(34)35)39-24(44)21-10-4-14-40(21)26(46)18(31)7-2-12-36-29(32)33/h17-22H,2-16,31H2,1H3,(H,38,43)(H,39,44)(H,48,49)(H4,32,33,36)(H4,34,35,37). The van der Waals surface area contributed by atoms with Crippen molar-refractivity contribution >= 4 is 47.4 Å². The molecular formula is C30H52N12O7. The maximum absolute atomic E-state index is 14.0. The molecule has 0 aliphatic carbocycles. The molecular weight excluding hydrogens is 640 g/mol. The van der Waals surface area contributed by atoms with Gasteiger partial charge in [0.15, 0.2) is 11.9 Å². The SMILES string of the molecule is CC(NC(=O)C1CCCN1C(=O)C(CCCN=C(N)N)NC(=O)C1CCCN1C(=O)C(N)CCCN=C(N)N)C(=O)N1CCCC1C(=O)O. The van der Waals surface area contributed by atoms with Gasteiger partial charge in [0.25, 0.3) is 0 Å². The van der Waals surface area contributed by atoms with Crippen LogP contribution in [0.3, 0.4) is 0 Å². The molecule has 13 N–H and O–H groups in total. The average Bonchev–Trinajstić information content (AvgIpc) is 3.84. The van der Waals surface area contributed by atoms with Crippen molar-refractivity contribution in [2.24, 2.45) is 38.7 Å². The van der Waals surface area contributed by atoms with Crippen molar-refractivity contribution in [3.05, 3.63) is 0 Å². The number of aliphatic imine (C=N–C) groups is 2. The molecule has 3 aliphatic rings. The monoisotopic (exact) mass is 692 g/mol. The van der Waals surface area contributed by atoms with E-state index in [4.69, 9.17) is 28.7 Å². The Bertz CT molecular complexity index is 1290. The summed E-state index contributed by atoms with van der Waals surface area (Å²) in [5.74, 6) is -3.74. The molecule has 3 fully saturated rings. The molecule has 0 spiro atoms. The van der Waals surface area contributed by atoms with Crippen molar-refractivity contribution in [1.82, 2.24) is 25.3 Å². The summed E-state index contributed by atoms with van der Waals surface area (Å²) >= 11 is 0. The third-order valence-corrected chi connectivity index (χ3v) is 9.07. The summed E-state index contributed by atoms with van der Waals surface area (Å²) < 4.78 is 0. The maximum atomic E-state index is 14.0. The zero-order valence-corrected chi connectivity index (χ0v) is 28.1. The van der Waals surface area contributed by atoms with Gasteiger partial charge in [-0.1, -0.05) is 0 Å². The third kappa shape index (κ3) is 10.7. The fraction of sp³-hybridized carbons (Fsp3) is 0.733. The van der Waals surface area contributed by atoms with Crippen LogP contribution in [0.5, 0.6) is 0 Å². The van der Waals surface area contributed by atoms with Gasteiger partial charge in [-0.15, -0.1) is 0 Å². The number of carbonyl (C=O) groups excluding carboxylic acids is 5. The van der Waals surface area contributed by atoms with Crippen molar-refractivity contribution in [3.8, 4) is 0 Å². The highest BCUT2D eigenvalue weighted by molar-refractivity contribution is 5.96. The molecule has 0 radical (unpaired) electrons. The summed E-state index contributed by atoms with van der Waals surface area (Å²) in [6, 6.07) is -5.62. The van der Waals surface area contributed by atoms with E-state index in [-0.39, 0.29) is 43.9 Å². The Kier molecular flexibility index (Phi) is 14.4. The molecule has 3 rings (SSSR count). The van der Waals surface area contributed by atoms with Gasteiger partial charge in [0.1, 0.15) is 30.2 Å². The van der Waals surface area contributed by atoms with Crippen LogP contribution in [-0.4, -0.2) is 136 Å². The first kappa shape index (κ1) is 38.8. The molecule has 19 heteroatoms. The van der Waals surface area contributed by atoms with Gasteiger partial charge in [0.2, 0.25) is 29.5 Å². The number of nitrogens with zero attached hydrogens (tertiary/aromatic N) is 5. The van der Waals surface area contributed by atoms with Crippen LogP contribution in [0.4, 0.5) is 0 Å². The number of carbonyl (C=O) groups is 6. The zero-order valence-electron chi connectivity index (χ0n) is 28.1. The number of hydrogen-bond acceptors (Lipinski definition) is 9. The zero-order chi connectivity index (χ0) is 36.2. The third-order valence-electron chi connectivity index (χ3n) is 9.07. The fourth-order valence-corrected chi connectivity index (χ4v) is 6.60. The lowest BCUT2D eigenvalue weighted by Crippen LogP contribution is -2.58. The molecule has 0 saturated carbocycles. The van der Waals surface area contributed by atoms with Gasteiger partial charge in [0, 0.05) is 32.7 Å². The van der Waals surface area contributed by atoms with E-state index in [1.165, 1.54) is 21.6 Å². The van der Waals surface area contributed by atoms with E-state index in [0.29, 0.717) is 70.9 Å². The van der Waals surface area contributed by atoms with Crippen LogP contribution in [0.15, 0.2) is 9.98 Å². The van der Waals surface area contributed by atoms with Crippen molar-refractivity contribution < 1.29 is 33.9 Å². The smallest absolute Gasteiger partial charge is 0.326 e. The van der Waals surface area contributed by atoms with E-state index >= 15 is 0 Å². The van der Waals surface area contributed by atoms with Crippen LogP contribution in [0, 0.1) is 0 Å². The Labute approximate surface area is 285 Å². The average molecular weight is 693 g/mol. The van der Waals surface area contributed by atoms with Gasteiger partial charge in [-0.2, -0.15) is 0 Å². The molecule has 0 aromatic carbocycles. The summed E-state index contributed by atoms with van der Waals surface area (Å²) in [7, 11) is 0. The van der Waals surface area contributed by atoms with Crippen LogP contribution in [0.2, 0.25) is 0 Å². The van der Waals surface area contributed by atoms with Crippen LogP contribution in [0.1, 0.15) is 71.1 Å². The largest absolute Gasteiger partial charge is 0.480 e. The highest BCUT2D eigenvalue weighted by Gasteiger charge is 2.42. The second kappa shape index (κ2) is 18.2. The lowest BCUT2D eigenvalue weighted by atomic mass is 10.1. The number of likely N-dealkylation sites (tertiary alicyclic amines) is 3.